The van der Waals surface area contributed by atoms with E-state index in [1.165, 1.54) is 18.7 Å². The predicted octanol–water partition coefficient (Wildman–Crippen LogP) is 1.80. The van der Waals surface area contributed by atoms with Crippen molar-refractivity contribution in [1.82, 2.24) is 18.7 Å². The van der Waals surface area contributed by atoms with Gasteiger partial charge >= 0.3 is 5.69 Å². The lowest BCUT2D eigenvalue weighted by molar-refractivity contribution is 0.364. The van der Waals surface area contributed by atoms with Gasteiger partial charge in [0.1, 0.15) is 0 Å². The molecule has 0 aliphatic carbocycles. The van der Waals surface area contributed by atoms with Gasteiger partial charge in [-0.1, -0.05) is 29.3 Å². The summed E-state index contributed by atoms with van der Waals surface area (Å²) in [4.78, 5) is 28.9. The summed E-state index contributed by atoms with van der Waals surface area (Å²) in [6, 6.07) is 5.35. The van der Waals surface area contributed by atoms with E-state index in [2.05, 4.69) is 4.98 Å². The lowest BCUT2D eigenvalue weighted by Gasteiger charge is -2.11. The number of fused-ring (bicyclic) bond motifs is 1. The van der Waals surface area contributed by atoms with Gasteiger partial charge in [-0.15, -0.1) is 0 Å². The molecule has 0 bridgehead atoms. The van der Waals surface area contributed by atoms with Gasteiger partial charge < -0.3 is 4.74 Å². The van der Waals surface area contributed by atoms with Crippen LogP contribution in [0.2, 0.25) is 10.0 Å². The zero-order valence-corrected chi connectivity index (χ0v) is 14.7. The van der Waals surface area contributed by atoms with Gasteiger partial charge in [0, 0.05) is 29.7 Å². The molecule has 0 saturated heterocycles. The Morgan fingerprint density at radius 2 is 1.75 bits per heavy atom. The average molecular weight is 369 g/mol. The summed E-state index contributed by atoms with van der Waals surface area (Å²) in [5.74, 6) is 0. The topological polar surface area (TPSA) is 71.1 Å². The van der Waals surface area contributed by atoms with Crippen molar-refractivity contribution in [3.05, 3.63) is 54.6 Å². The number of ether oxygens (including phenoxy) is 1. The largest absolute Gasteiger partial charge is 0.468 e. The fraction of sp³-hybridized carbons (Fsp3) is 0.267. The Bertz CT molecular complexity index is 1040. The molecule has 0 amide bonds. The van der Waals surface area contributed by atoms with Crippen LogP contribution in [0.15, 0.2) is 27.8 Å². The number of hydrogen-bond donors (Lipinski definition) is 0. The monoisotopic (exact) mass is 368 g/mol. The van der Waals surface area contributed by atoms with Crippen molar-refractivity contribution in [2.75, 3.05) is 7.11 Å². The van der Waals surface area contributed by atoms with Gasteiger partial charge in [0.05, 0.1) is 13.7 Å². The lowest BCUT2D eigenvalue weighted by Crippen LogP contribution is -2.37. The molecule has 0 atom stereocenters. The molecule has 1 aromatic carbocycles. The first-order valence-corrected chi connectivity index (χ1v) is 7.75. The average Bonchev–Trinajstić information content (AvgIpc) is 2.93. The van der Waals surface area contributed by atoms with Gasteiger partial charge in [0.15, 0.2) is 11.2 Å². The van der Waals surface area contributed by atoms with Crippen LogP contribution in [0.4, 0.5) is 0 Å². The Morgan fingerprint density at radius 3 is 2.33 bits per heavy atom. The zero-order chi connectivity index (χ0) is 17.6. The summed E-state index contributed by atoms with van der Waals surface area (Å²) in [5.41, 5.74) is 0.188. The molecular weight excluding hydrogens is 355 g/mol. The van der Waals surface area contributed by atoms with E-state index in [9.17, 15) is 9.59 Å². The summed E-state index contributed by atoms with van der Waals surface area (Å²) >= 11 is 12.4. The lowest BCUT2D eigenvalue weighted by atomic mass is 10.2. The minimum Gasteiger partial charge on any atom is -0.468 e. The highest BCUT2D eigenvalue weighted by atomic mass is 35.5. The quantitative estimate of drug-likeness (QED) is 0.706. The van der Waals surface area contributed by atoms with E-state index in [-0.39, 0.29) is 23.7 Å². The Balaban J connectivity index is 2.36. The van der Waals surface area contributed by atoms with Gasteiger partial charge in [0.2, 0.25) is 0 Å². The first-order valence-electron chi connectivity index (χ1n) is 7.00. The Labute approximate surface area is 146 Å². The van der Waals surface area contributed by atoms with E-state index in [0.29, 0.717) is 15.6 Å². The van der Waals surface area contributed by atoms with Gasteiger partial charge in [0.25, 0.3) is 11.6 Å². The SMILES string of the molecule is COc1nc2c(c(=O)n(C)c(=O)n2C)n1Cc1c(Cl)cccc1Cl. The van der Waals surface area contributed by atoms with E-state index < -0.39 is 11.2 Å². The smallest absolute Gasteiger partial charge is 0.332 e. The van der Waals surface area contributed by atoms with Crippen LogP contribution >= 0.6 is 23.2 Å². The molecular formula is C15H14Cl2N4O3. The number of aromatic nitrogens is 4. The number of aryl methyl sites for hydroxylation is 1. The Kier molecular flexibility index (Phi) is 4.15. The zero-order valence-electron chi connectivity index (χ0n) is 13.2. The maximum absolute atomic E-state index is 12.6. The van der Waals surface area contributed by atoms with Crippen LogP contribution < -0.4 is 16.0 Å². The molecule has 24 heavy (non-hydrogen) atoms. The molecule has 2 heterocycles. The molecule has 3 aromatic rings. The number of methoxy groups -OCH3 is 1. The molecule has 0 spiro atoms. The summed E-state index contributed by atoms with van der Waals surface area (Å²) in [7, 11) is 4.40. The van der Waals surface area contributed by atoms with Crippen LogP contribution in [0.1, 0.15) is 5.56 Å². The van der Waals surface area contributed by atoms with Gasteiger partial charge in [-0.25, -0.2) is 4.79 Å². The fourth-order valence-electron chi connectivity index (χ4n) is 2.57. The van der Waals surface area contributed by atoms with Gasteiger partial charge in [-0.2, -0.15) is 4.98 Å². The second kappa shape index (κ2) is 5.99. The number of nitrogens with zero attached hydrogens (tertiary/aromatic N) is 4. The highest BCUT2D eigenvalue weighted by Gasteiger charge is 2.21. The second-order valence-corrected chi connectivity index (χ2v) is 6.08. The van der Waals surface area contributed by atoms with E-state index in [0.717, 1.165) is 4.57 Å². The number of halogens is 2. The van der Waals surface area contributed by atoms with Crippen molar-refractivity contribution in [1.29, 1.82) is 0 Å². The predicted molar refractivity (Wildman–Crippen MR) is 92.3 cm³/mol. The van der Waals surface area contributed by atoms with Crippen molar-refractivity contribution in [2.45, 2.75) is 6.54 Å². The minimum absolute atomic E-state index is 0.186. The van der Waals surface area contributed by atoms with Crippen molar-refractivity contribution in [3.63, 3.8) is 0 Å². The molecule has 9 heteroatoms. The number of hydrogen-bond acceptors (Lipinski definition) is 4. The molecule has 3 rings (SSSR count). The second-order valence-electron chi connectivity index (χ2n) is 5.26. The molecule has 0 aliphatic rings. The molecule has 0 unspecified atom stereocenters. The Morgan fingerprint density at radius 1 is 1.12 bits per heavy atom. The van der Waals surface area contributed by atoms with Crippen LogP contribution in [0.5, 0.6) is 6.01 Å². The van der Waals surface area contributed by atoms with E-state index >= 15 is 0 Å². The highest BCUT2D eigenvalue weighted by molar-refractivity contribution is 6.36. The standard InChI is InChI=1S/C15H14Cl2N4O3/c1-19-12-11(13(22)20(2)15(19)23)21(14(18-12)24-3)7-8-9(16)5-4-6-10(8)17/h4-6H,7H2,1-3H3. The first kappa shape index (κ1) is 16.6. The van der Waals surface area contributed by atoms with Crippen LogP contribution in [-0.2, 0) is 20.6 Å². The van der Waals surface area contributed by atoms with Crippen molar-refractivity contribution in [3.8, 4) is 6.01 Å². The first-order chi connectivity index (χ1) is 11.4. The maximum Gasteiger partial charge on any atom is 0.332 e. The molecule has 0 aliphatic heterocycles. The van der Waals surface area contributed by atoms with Crippen LogP contribution in [0, 0.1) is 0 Å². The third-order valence-corrected chi connectivity index (χ3v) is 4.58. The summed E-state index contributed by atoms with van der Waals surface area (Å²) in [5, 5.41) is 0.932. The van der Waals surface area contributed by atoms with E-state index in [4.69, 9.17) is 27.9 Å². The van der Waals surface area contributed by atoms with Crippen LogP contribution in [0.3, 0.4) is 0 Å². The molecule has 0 N–H and O–H groups in total. The number of benzene rings is 1. The normalized spacial score (nSPS) is 11.2. The van der Waals surface area contributed by atoms with E-state index in [1.807, 2.05) is 0 Å². The molecule has 2 aromatic heterocycles. The summed E-state index contributed by atoms with van der Waals surface area (Å²) < 4.78 is 9.15. The molecule has 126 valence electrons. The molecule has 7 nitrogen and oxygen atoms in total. The highest BCUT2D eigenvalue weighted by Crippen LogP contribution is 2.28. The summed E-state index contributed by atoms with van der Waals surface area (Å²) in [6.45, 7) is 0.186. The fourth-order valence-corrected chi connectivity index (χ4v) is 3.09. The minimum atomic E-state index is -0.466. The van der Waals surface area contributed by atoms with Gasteiger partial charge in [-0.05, 0) is 12.1 Å². The molecule has 0 saturated carbocycles. The van der Waals surface area contributed by atoms with Crippen molar-refractivity contribution < 1.29 is 4.74 Å². The van der Waals surface area contributed by atoms with Crippen molar-refractivity contribution in [2.24, 2.45) is 14.1 Å². The summed E-state index contributed by atoms with van der Waals surface area (Å²) in [6.07, 6.45) is 0. The maximum atomic E-state index is 12.6. The van der Waals surface area contributed by atoms with Crippen LogP contribution in [-0.4, -0.2) is 25.8 Å². The third kappa shape index (κ3) is 2.40. The number of rotatable bonds is 3. The number of imidazole rings is 1. The Hall–Kier alpha value is -2.25. The van der Waals surface area contributed by atoms with Gasteiger partial charge in [-0.3, -0.25) is 18.5 Å². The van der Waals surface area contributed by atoms with E-state index in [1.54, 1.807) is 29.8 Å². The van der Waals surface area contributed by atoms with Crippen LogP contribution in [0.25, 0.3) is 11.2 Å². The third-order valence-electron chi connectivity index (χ3n) is 3.87. The molecule has 0 radical (unpaired) electrons. The van der Waals surface area contributed by atoms with Crippen molar-refractivity contribution >= 4 is 34.4 Å². The molecule has 0 fully saturated rings.